The molecular formula is C82H65BN4. The third kappa shape index (κ3) is 10.1. The molecule has 13 aromatic rings. The Balaban J connectivity index is 1.19. The van der Waals surface area contributed by atoms with Crippen molar-refractivity contribution in [2.24, 2.45) is 0 Å². The van der Waals surface area contributed by atoms with Gasteiger partial charge >= 0.3 is 0 Å². The minimum Gasteiger partial charge on any atom is -0.310 e. The van der Waals surface area contributed by atoms with E-state index in [1.165, 1.54) is 44.2 Å². The lowest BCUT2D eigenvalue weighted by Crippen LogP contribution is -2.63. The lowest BCUT2D eigenvalue weighted by Gasteiger charge is -2.46. The van der Waals surface area contributed by atoms with Crippen LogP contribution in [0.5, 0.6) is 0 Å². The highest BCUT2D eigenvalue weighted by Gasteiger charge is 2.49. The Bertz CT molecular complexity index is 3840. The molecule has 0 aromatic heterocycles. The Labute approximate surface area is 512 Å². The quantitative estimate of drug-likeness (QED) is 0.0949. The second-order valence-electron chi connectivity index (χ2n) is 22.7. The van der Waals surface area contributed by atoms with Gasteiger partial charge in [0.05, 0.1) is 5.41 Å². The predicted octanol–water partition coefficient (Wildman–Crippen LogP) is 19.7. The zero-order valence-corrected chi connectivity index (χ0v) is 49.2. The lowest BCUT2D eigenvalue weighted by atomic mass is 9.29. The number of anilines is 12. The SMILES string of the molecule is Cc1cc(C)c(B2c3ccccc3C(c3cc(N(c4ccccc4)c4ccccc4)cc(N(c4ccccc4)c4ccccc4)c3)(c3cc(N(c4ccccc4)c4ccccc4)cc(N(c4ccccc4)c4ccccc4)c3)c3ccccc32)c(C)c1. The summed E-state index contributed by atoms with van der Waals surface area (Å²) in [6.07, 6.45) is 0. The fourth-order valence-electron chi connectivity index (χ4n) is 13.8. The summed E-state index contributed by atoms with van der Waals surface area (Å²) in [5.41, 5.74) is 23.8. The molecule has 1 heterocycles. The summed E-state index contributed by atoms with van der Waals surface area (Å²) in [7, 11) is 0. The van der Waals surface area contributed by atoms with Crippen LogP contribution in [0.25, 0.3) is 0 Å². The number of nitrogens with zero attached hydrogens (tertiary/aromatic N) is 4. The molecule has 0 unspecified atom stereocenters. The molecule has 0 atom stereocenters. The molecule has 4 nitrogen and oxygen atoms in total. The van der Waals surface area contributed by atoms with Crippen LogP contribution in [0.3, 0.4) is 0 Å². The molecule has 0 saturated carbocycles. The summed E-state index contributed by atoms with van der Waals surface area (Å²) < 4.78 is 0. The molecule has 0 radical (unpaired) electrons. The first-order chi connectivity index (χ1) is 42.9. The number of hydrogen-bond donors (Lipinski definition) is 0. The summed E-state index contributed by atoms with van der Waals surface area (Å²) in [5, 5.41) is 0. The molecule has 0 fully saturated rings. The van der Waals surface area contributed by atoms with Crippen LogP contribution < -0.4 is 36.0 Å². The summed E-state index contributed by atoms with van der Waals surface area (Å²) in [4.78, 5) is 9.72. The fourth-order valence-corrected chi connectivity index (χ4v) is 13.8. The molecule has 1 aliphatic heterocycles. The zero-order chi connectivity index (χ0) is 58.7. The molecule has 0 saturated heterocycles. The van der Waals surface area contributed by atoms with E-state index in [4.69, 9.17) is 0 Å². The van der Waals surface area contributed by atoms with Crippen molar-refractivity contribution in [3.05, 3.63) is 379 Å². The van der Waals surface area contributed by atoms with Crippen molar-refractivity contribution < 1.29 is 0 Å². The van der Waals surface area contributed by atoms with Crippen LogP contribution in [0, 0.1) is 20.8 Å². The average molecular weight is 1120 g/mol. The topological polar surface area (TPSA) is 13.0 Å². The van der Waals surface area contributed by atoms with Crippen molar-refractivity contribution in [2.75, 3.05) is 19.6 Å². The van der Waals surface area contributed by atoms with Crippen LogP contribution >= 0.6 is 0 Å². The second kappa shape index (κ2) is 23.6. The van der Waals surface area contributed by atoms with Gasteiger partial charge in [-0.05, 0) is 176 Å². The maximum Gasteiger partial charge on any atom is 0.242 e. The normalized spacial score (nSPS) is 12.1. The Kier molecular flexibility index (Phi) is 14.7. The van der Waals surface area contributed by atoms with Crippen LogP contribution in [0.4, 0.5) is 68.2 Å². The monoisotopic (exact) mass is 1120 g/mol. The van der Waals surface area contributed by atoms with E-state index in [1.54, 1.807) is 0 Å². The highest BCUT2D eigenvalue weighted by Crippen LogP contribution is 2.53. The molecule has 0 spiro atoms. The lowest BCUT2D eigenvalue weighted by molar-refractivity contribution is 0.751. The minimum absolute atomic E-state index is 0.0815. The van der Waals surface area contributed by atoms with Crippen LogP contribution in [0.1, 0.15) is 38.9 Å². The van der Waals surface area contributed by atoms with Gasteiger partial charge in [0, 0.05) is 68.2 Å². The number of benzene rings is 13. The van der Waals surface area contributed by atoms with Crippen molar-refractivity contribution in [2.45, 2.75) is 26.2 Å². The largest absolute Gasteiger partial charge is 0.310 e. The van der Waals surface area contributed by atoms with Crippen LogP contribution in [0.15, 0.2) is 340 Å². The van der Waals surface area contributed by atoms with E-state index < -0.39 is 5.41 Å². The van der Waals surface area contributed by atoms with Gasteiger partial charge in [-0.3, -0.25) is 0 Å². The molecule has 0 bridgehead atoms. The first kappa shape index (κ1) is 54.1. The molecule has 87 heavy (non-hydrogen) atoms. The highest BCUT2D eigenvalue weighted by molar-refractivity contribution is 6.97. The van der Waals surface area contributed by atoms with Crippen molar-refractivity contribution in [1.29, 1.82) is 0 Å². The number of rotatable bonds is 15. The van der Waals surface area contributed by atoms with Gasteiger partial charge < -0.3 is 19.6 Å². The van der Waals surface area contributed by atoms with Crippen molar-refractivity contribution in [3.63, 3.8) is 0 Å². The van der Waals surface area contributed by atoms with Gasteiger partial charge in [-0.25, -0.2) is 0 Å². The second-order valence-corrected chi connectivity index (χ2v) is 22.7. The van der Waals surface area contributed by atoms with E-state index in [0.29, 0.717) is 0 Å². The molecule has 14 rings (SSSR count). The maximum atomic E-state index is 2.50. The molecule has 416 valence electrons. The Morgan fingerprint density at radius 2 is 0.448 bits per heavy atom. The van der Waals surface area contributed by atoms with Crippen molar-refractivity contribution in [1.82, 2.24) is 0 Å². The van der Waals surface area contributed by atoms with Crippen molar-refractivity contribution >= 4 is 91.3 Å². The number of hydrogen-bond acceptors (Lipinski definition) is 4. The number of aryl methyl sites for hydroxylation is 3. The first-order valence-corrected chi connectivity index (χ1v) is 30.1. The highest BCUT2D eigenvalue weighted by atomic mass is 15.2. The predicted molar refractivity (Wildman–Crippen MR) is 369 cm³/mol. The molecule has 5 heteroatoms. The van der Waals surface area contributed by atoms with E-state index in [9.17, 15) is 0 Å². The van der Waals surface area contributed by atoms with Gasteiger partial charge in [-0.2, -0.15) is 0 Å². The van der Waals surface area contributed by atoms with E-state index in [1.807, 2.05) is 0 Å². The van der Waals surface area contributed by atoms with Gasteiger partial charge in [0.2, 0.25) is 6.71 Å². The van der Waals surface area contributed by atoms with Gasteiger partial charge in [0.25, 0.3) is 0 Å². The summed E-state index contributed by atoms with van der Waals surface area (Å²) in [6.45, 7) is 6.75. The van der Waals surface area contributed by atoms with Gasteiger partial charge in [-0.15, -0.1) is 0 Å². The van der Waals surface area contributed by atoms with Crippen LogP contribution in [0.2, 0.25) is 0 Å². The molecule has 0 N–H and O–H groups in total. The molecular weight excluding hydrogens is 1050 g/mol. The smallest absolute Gasteiger partial charge is 0.242 e. The van der Waals surface area contributed by atoms with Crippen molar-refractivity contribution in [3.8, 4) is 0 Å². The van der Waals surface area contributed by atoms with E-state index in [0.717, 1.165) is 79.4 Å². The van der Waals surface area contributed by atoms with Crippen LogP contribution in [-0.2, 0) is 5.41 Å². The number of fused-ring (bicyclic) bond motifs is 2. The average Bonchev–Trinajstić information content (AvgIpc) is 0.760. The van der Waals surface area contributed by atoms with Gasteiger partial charge in [0.1, 0.15) is 0 Å². The first-order valence-electron chi connectivity index (χ1n) is 30.1. The summed E-state index contributed by atoms with van der Waals surface area (Å²) in [6, 6.07) is 125. The summed E-state index contributed by atoms with van der Waals surface area (Å²) >= 11 is 0. The molecule has 0 aliphatic carbocycles. The minimum atomic E-state index is -1.01. The van der Waals surface area contributed by atoms with E-state index >= 15 is 0 Å². The third-order valence-electron chi connectivity index (χ3n) is 17.2. The van der Waals surface area contributed by atoms with Gasteiger partial charge in [0.15, 0.2) is 0 Å². The fraction of sp³-hybridized carbons (Fsp3) is 0.0488. The maximum absolute atomic E-state index is 2.50. The van der Waals surface area contributed by atoms with E-state index in [-0.39, 0.29) is 6.71 Å². The van der Waals surface area contributed by atoms with Crippen LogP contribution in [-0.4, -0.2) is 6.71 Å². The van der Waals surface area contributed by atoms with E-state index in [2.05, 4.69) is 380 Å². The zero-order valence-electron chi connectivity index (χ0n) is 49.2. The molecule has 13 aromatic carbocycles. The third-order valence-corrected chi connectivity index (χ3v) is 17.2. The summed E-state index contributed by atoms with van der Waals surface area (Å²) in [5.74, 6) is 0. The standard InChI is InChI=1S/C82H65BN4/c1-60-52-61(2)81(62(3)53-60)83-79-50-30-28-48-77(79)82(78-49-29-31-51-80(78)83,63-54-73(84(65-32-12-4-13-33-65)66-34-14-5-15-35-66)58-74(55-63)85(67-36-16-6-17-37-67)68-38-18-7-19-39-68)64-56-75(86(69-40-20-8-21-41-69)70-42-22-9-23-43-70)59-76(57-64)87(71-44-24-10-25-45-71)72-46-26-11-27-47-72/h4-59H,1-3H3. The Morgan fingerprint density at radius 3 is 0.690 bits per heavy atom. The Morgan fingerprint density at radius 1 is 0.230 bits per heavy atom. The molecule has 1 aliphatic rings. The Hall–Kier alpha value is -10.9. The van der Waals surface area contributed by atoms with Gasteiger partial charge in [-0.1, -0.05) is 239 Å². The number of para-hydroxylation sites is 8. The molecule has 0 amide bonds.